The standard InChI is InChI=1S/C24H25N5O2/c1-3-22(30)26-19-10-8-17(9-11-19)23(31)29-12-4-5-20(15-29)27-24-25-14-18-7-6-16(2)13-21(18)28-24/h3,6-11,13-14,20H,1,4-5,12,15H2,2H3,(H,26,30)(H,25,27,28)/t20-/m1/s1. The summed E-state index contributed by atoms with van der Waals surface area (Å²) < 4.78 is 0. The molecule has 2 heterocycles. The van der Waals surface area contributed by atoms with Gasteiger partial charge in [-0.25, -0.2) is 9.97 Å². The molecule has 7 heteroatoms. The van der Waals surface area contributed by atoms with Gasteiger partial charge in [0.05, 0.1) is 5.52 Å². The fourth-order valence-corrected chi connectivity index (χ4v) is 3.74. The van der Waals surface area contributed by atoms with E-state index in [9.17, 15) is 9.59 Å². The van der Waals surface area contributed by atoms with Crippen molar-refractivity contribution in [2.24, 2.45) is 0 Å². The minimum Gasteiger partial charge on any atom is -0.350 e. The zero-order valence-electron chi connectivity index (χ0n) is 17.5. The number of anilines is 2. The van der Waals surface area contributed by atoms with E-state index in [2.05, 4.69) is 27.2 Å². The average molecular weight is 415 g/mol. The summed E-state index contributed by atoms with van der Waals surface area (Å²) in [7, 11) is 0. The van der Waals surface area contributed by atoms with E-state index in [4.69, 9.17) is 0 Å². The first-order valence-electron chi connectivity index (χ1n) is 10.3. The van der Waals surface area contributed by atoms with Crippen molar-refractivity contribution in [3.8, 4) is 0 Å². The molecular formula is C24H25N5O2. The molecule has 31 heavy (non-hydrogen) atoms. The smallest absolute Gasteiger partial charge is 0.253 e. The van der Waals surface area contributed by atoms with Gasteiger partial charge in [-0.15, -0.1) is 0 Å². The van der Waals surface area contributed by atoms with Crippen LogP contribution in [0.5, 0.6) is 0 Å². The normalized spacial score (nSPS) is 16.0. The summed E-state index contributed by atoms with van der Waals surface area (Å²) >= 11 is 0. The van der Waals surface area contributed by atoms with Crippen molar-refractivity contribution in [1.82, 2.24) is 14.9 Å². The Kier molecular flexibility index (Phi) is 5.93. The van der Waals surface area contributed by atoms with Crippen molar-refractivity contribution in [2.75, 3.05) is 23.7 Å². The lowest BCUT2D eigenvalue weighted by Gasteiger charge is -2.33. The van der Waals surface area contributed by atoms with Crippen LogP contribution in [-0.4, -0.2) is 45.8 Å². The third-order valence-electron chi connectivity index (χ3n) is 5.36. The third kappa shape index (κ3) is 4.88. The summed E-state index contributed by atoms with van der Waals surface area (Å²) in [6.45, 7) is 6.77. The number of nitrogens with one attached hydrogen (secondary N) is 2. The maximum atomic E-state index is 13.0. The molecule has 2 N–H and O–H groups in total. The highest BCUT2D eigenvalue weighted by atomic mass is 16.2. The molecular weight excluding hydrogens is 390 g/mol. The number of rotatable bonds is 5. The van der Waals surface area contributed by atoms with E-state index in [0.29, 0.717) is 30.3 Å². The molecule has 0 unspecified atom stereocenters. The van der Waals surface area contributed by atoms with E-state index in [-0.39, 0.29) is 17.9 Å². The van der Waals surface area contributed by atoms with Crippen molar-refractivity contribution in [3.05, 3.63) is 72.4 Å². The summed E-state index contributed by atoms with van der Waals surface area (Å²) in [5, 5.41) is 7.08. The SMILES string of the molecule is C=CC(=O)Nc1ccc(C(=O)N2CCC[C@@H](Nc3ncc4ccc(C)cc4n3)C2)cc1. The zero-order valence-corrected chi connectivity index (χ0v) is 17.5. The van der Waals surface area contributed by atoms with E-state index in [1.807, 2.05) is 36.2 Å². The Morgan fingerprint density at radius 2 is 2.00 bits per heavy atom. The van der Waals surface area contributed by atoms with Crippen LogP contribution in [0.2, 0.25) is 0 Å². The Bertz CT molecular complexity index is 1130. The van der Waals surface area contributed by atoms with Gasteiger partial charge < -0.3 is 15.5 Å². The van der Waals surface area contributed by atoms with Gasteiger partial charge in [0.2, 0.25) is 11.9 Å². The van der Waals surface area contributed by atoms with Crippen LogP contribution in [0, 0.1) is 6.92 Å². The van der Waals surface area contributed by atoms with Crippen LogP contribution in [0.15, 0.2) is 61.3 Å². The Balaban J connectivity index is 1.41. The molecule has 0 bridgehead atoms. The van der Waals surface area contributed by atoms with Crippen LogP contribution in [0.3, 0.4) is 0 Å². The number of hydrogen-bond acceptors (Lipinski definition) is 5. The van der Waals surface area contributed by atoms with Crippen molar-refractivity contribution in [3.63, 3.8) is 0 Å². The number of likely N-dealkylation sites (tertiary alicyclic amines) is 1. The molecule has 2 amide bonds. The van der Waals surface area contributed by atoms with E-state index < -0.39 is 0 Å². The molecule has 1 fully saturated rings. The Morgan fingerprint density at radius 1 is 1.19 bits per heavy atom. The molecule has 2 aromatic carbocycles. The van der Waals surface area contributed by atoms with Gasteiger partial charge in [-0.1, -0.05) is 18.7 Å². The van der Waals surface area contributed by atoms with Crippen LogP contribution >= 0.6 is 0 Å². The number of piperidine rings is 1. The van der Waals surface area contributed by atoms with Gasteiger partial charge in [-0.3, -0.25) is 9.59 Å². The lowest BCUT2D eigenvalue weighted by atomic mass is 10.0. The molecule has 0 radical (unpaired) electrons. The first-order valence-corrected chi connectivity index (χ1v) is 10.3. The Labute approximate surface area is 181 Å². The highest BCUT2D eigenvalue weighted by molar-refractivity contribution is 5.99. The minimum absolute atomic E-state index is 0.0249. The van der Waals surface area contributed by atoms with Crippen molar-refractivity contribution >= 4 is 34.4 Å². The number of hydrogen-bond donors (Lipinski definition) is 2. The lowest BCUT2D eigenvalue weighted by Crippen LogP contribution is -2.45. The second-order valence-electron chi connectivity index (χ2n) is 7.76. The van der Waals surface area contributed by atoms with Gasteiger partial charge >= 0.3 is 0 Å². The molecule has 0 spiro atoms. The summed E-state index contributed by atoms with van der Waals surface area (Å²) in [6, 6.07) is 13.1. The molecule has 7 nitrogen and oxygen atoms in total. The van der Waals surface area contributed by atoms with E-state index in [0.717, 1.165) is 29.3 Å². The van der Waals surface area contributed by atoms with Gasteiger partial charge in [0.1, 0.15) is 0 Å². The second-order valence-corrected chi connectivity index (χ2v) is 7.76. The minimum atomic E-state index is -0.282. The zero-order chi connectivity index (χ0) is 21.8. The molecule has 4 rings (SSSR count). The van der Waals surface area contributed by atoms with Gasteiger partial charge in [0.25, 0.3) is 5.91 Å². The summed E-state index contributed by atoms with van der Waals surface area (Å²) in [4.78, 5) is 35.3. The number of fused-ring (bicyclic) bond motifs is 1. The number of nitrogens with zero attached hydrogens (tertiary/aromatic N) is 3. The van der Waals surface area contributed by atoms with Crippen LogP contribution < -0.4 is 10.6 Å². The number of amides is 2. The largest absolute Gasteiger partial charge is 0.350 e. The summed E-state index contributed by atoms with van der Waals surface area (Å²) in [5.41, 5.74) is 3.28. The van der Waals surface area contributed by atoms with Crippen molar-refractivity contribution in [2.45, 2.75) is 25.8 Å². The molecule has 1 saturated heterocycles. The predicted octanol–water partition coefficient (Wildman–Crippen LogP) is 3.78. The Hall–Kier alpha value is -3.74. The maximum absolute atomic E-state index is 13.0. The topological polar surface area (TPSA) is 87.2 Å². The van der Waals surface area contributed by atoms with Gasteiger partial charge in [0.15, 0.2) is 0 Å². The lowest BCUT2D eigenvalue weighted by molar-refractivity contribution is -0.111. The van der Waals surface area contributed by atoms with E-state index in [1.54, 1.807) is 24.3 Å². The van der Waals surface area contributed by atoms with Gasteiger partial charge in [-0.05, 0) is 61.7 Å². The van der Waals surface area contributed by atoms with Crippen LogP contribution in [0.1, 0.15) is 28.8 Å². The first-order chi connectivity index (χ1) is 15.0. The third-order valence-corrected chi connectivity index (χ3v) is 5.36. The van der Waals surface area contributed by atoms with Crippen LogP contribution in [0.25, 0.3) is 10.9 Å². The highest BCUT2D eigenvalue weighted by Crippen LogP contribution is 2.19. The summed E-state index contributed by atoms with van der Waals surface area (Å²) in [5.74, 6) is 0.276. The van der Waals surface area contributed by atoms with Gasteiger partial charge in [0, 0.05) is 42.0 Å². The van der Waals surface area contributed by atoms with Crippen LogP contribution in [0.4, 0.5) is 11.6 Å². The first kappa shape index (κ1) is 20.5. The quantitative estimate of drug-likeness (QED) is 0.619. The molecule has 0 saturated carbocycles. The van der Waals surface area contributed by atoms with E-state index in [1.165, 1.54) is 6.08 Å². The number of carbonyl (C=O) groups excluding carboxylic acids is 2. The molecule has 158 valence electrons. The van der Waals surface area contributed by atoms with Crippen LogP contribution in [-0.2, 0) is 4.79 Å². The monoisotopic (exact) mass is 415 g/mol. The number of aryl methyl sites for hydroxylation is 1. The summed E-state index contributed by atoms with van der Waals surface area (Å²) in [6.07, 6.45) is 4.89. The highest BCUT2D eigenvalue weighted by Gasteiger charge is 2.25. The number of benzene rings is 2. The fraction of sp³-hybridized carbons (Fsp3) is 0.250. The number of aromatic nitrogens is 2. The maximum Gasteiger partial charge on any atom is 0.253 e. The molecule has 3 aromatic rings. The molecule has 1 atom stereocenters. The van der Waals surface area contributed by atoms with E-state index >= 15 is 0 Å². The molecule has 1 aliphatic rings. The van der Waals surface area contributed by atoms with Crippen molar-refractivity contribution in [1.29, 1.82) is 0 Å². The molecule has 0 aliphatic carbocycles. The second kappa shape index (κ2) is 8.95. The van der Waals surface area contributed by atoms with Gasteiger partial charge in [-0.2, -0.15) is 0 Å². The molecule has 1 aromatic heterocycles. The number of carbonyl (C=O) groups is 2. The fourth-order valence-electron chi connectivity index (χ4n) is 3.74. The average Bonchev–Trinajstić information content (AvgIpc) is 2.79. The predicted molar refractivity (Wildman–Crippen MR) is 122 cm³/mol. The molecule has 1 aliphatic heterocycles. The Morgan fingerprint density at radius 3 is 2.77 bits per heavy atom. The van der Waals surface area contributed by atoms with Crippen molar-refractivity contribution < 1.29 is 9.59 Å².